The molecule has 3 rings (SSSR count). The van der Waals surface area contributed by atoms with E-state index in [1.807, 2.05) is 12.3 Å². The molecule has 18 heavy (non-hydrogen) atoms. The van der Waals surface area contributed by atoms with E-state index in [0.717, 1.165) is 42.5 Å². The first kappa shape index (κ1) is 11.6. The Morgan fingerprint density at radius 1 is 1.33 bits per heavy atom. The fraction of sp³-hybridized carbons (Fsp3) is 0.400. The molecule has 0 amide bonds. The van der Waals surface area contributed by atoms with E-state index in [1.54, 1.807) is 0 Å². The molecule has 1 fully saturated rings. The zero-order chi connectivity index (χ0) is 12.4. The fourth-order valence-corrected chi connectivity index (χ4v) is 2.61. The summed E-state index contributed by atoms with van der Waals surface area (Å²) in [6.07, 6.45) is 4.09. The van der Waals surface area contributed by atoms with Crippen molar-refractivity contribution in [2.75, 3.05) is 13.2 Å². The number of rotatable bonds is 2. The zero-order valence-electron chi connectivity index (χ0n) is 10.4. The lowest BCUT2D eigenvalue weighted by molar-refractivity contribution is 0.0448. The molecule has 1 aromatic heterocycles. The third kappa shape index (κ3) is 2.24. The number of aromatic nitrogens is 1. The molecule has 94 valence electrons. The topological polar surface area (TPSA) is 48.1 Å². The van der Waals surface area contributed by atoms with Crippen molar-refractivity contribution in [2.45, 2.75) is 18.9 Å². The van der Waals surface area contributed by atoms with Crippen LogP contribution >= 0.6 is 0 Å². The van der Waals surface area contributed by atoms with E-state index < -0.39 is 0 Å². The van der Waals surface area contributed by atoms with Gasteiger partial charge in [0.15, 0.2) is 0 Å². The van der Waals surface area contributed by atoms with E-state index in [-0.39, 0.29) is 6.04 Å². The van der Waals surface area contributed by atoms with E-state index in [9.17, 15) is 0 Å². The summed E-state index contributed by atoms with van der Waals surface area (Å²) in [5.74, 6) is 0.430. The van der Waals surface area contributed by atoms with Crippen LogP contribution < -0.4 is 5.73 Å². The lowest BCUT2D eigenvalue weighted by Crippen LogP contribution is -2.29. The molecule has 0 bridgehead atoms. The van der Waals surface area contributed by atoms with Crippen molar-refractivity contribution in [1.82, 2.24) is 4.98 Å². The molecule has 0 saturated carbocycles. The molecule has 1 aromatic carbocycles. The number of hydrogen-bond donors (Lipinski definition) is 1. The first-order chi connectivity index (χ1) is 8.84. The molecule has 1 aliphatic rings. The Balaban J connectivity index is 1.88. The van der Waals surface area contributed by atoms with Crippen molar-refractivity contribution < 1.29 is 4.74 Å². The predicted octanol–water partition coefficient (Wildman–Crippen LogP) is 2.66. The van der Waals surface area contributed by atoms with Gasteiger partial charge in [-0.3, -0.25) is 4.98 Å². The van der Waals surface area contributed by atoms with Crippen LogP contribution in [0.1, 0.15) is 24.4 Å². The number of nitrogens with two attached hydrogens (primary N) is 1. The van der Waals surface area contributed by atoms with Crippen LogP contribution in [0.3, 0.4) is 0 Å². The van der Waals surface area contributed by atoms with Gasteiger partial charge in [0.1, 0.15) is 0 Å². The van der Waals surface area contributed by atoms with Crippen molar-refractivity contribution in [3.05, 3.63) is 42.1 Å². The average molecular weight is 242 g/mol. The molecule has 3 nitrogen and oxygen atoms in total. The fourth-order valence-electron chi connectivity index (χ4n) is 2.61. The summed E-state index contributed by atoms with van der Waals surface area (Å²) in [6.45, 7) is 1.66. The first-order valence-electron chi connectivity index (χ1n) is 6.52. The van der Waals surface area contributed by atoms with Gasteiger partial charge < -0.3 is 10.5 Å². The number of nitrogens with zero attached hydrogens (tertiary/aromatic N) is 1. The smallest absolute Gasteiger partial charge is 0.0705 e. The van der Waals surface area contributed by atoms with Crippen LogP contribution in [0.5, 0.6) is 0 Å². The maximum Gasteiger partial charge on any atom is 0.0705 e. The number of ether oxygens (including phenoxy) is 1. The summed E-state index contributed by atoms with van der Waals surface area (Å²) in [5.41, 5.74) is 8.53. The van der Waals surface area contributed by atoms with Crippen LogP contribution in [0.2, 0.25) is 0 Å². The molecule has 2 unspecified atom stereocenters. The quantitative estimate of drug-likeness (QED) is 0.880. The Labute approximate surface area is 107 Å². The van der Waals surface area contributed by atoms with Crippen molar-refractivity contribution in [3.8, 4) is 0 Å². The first-order valence-corrected chi connectivity index (χ1v) is 6.52. The van der Waals surface area contributed by atoms with Gasteiger partial charge in [-0.1, -0.05) is 18.2 Å². The summed E-state index contributed by atoms with van der Waals surface area (Å²) in [6, 6.07) is 10.4. The maximum absolute atomic E-state index is 6.35. The number of fused-ring (bicyclic) bond motifs is 1. The molecule has 1 saturated heterocycles. The van der Waals surface area contributed by atoms with Crippen molar-refractivity contribution in [3.63, 3.8) is 0 Å². The summed E-state index contributed by atoms with van der Waals surface area (Å²) in [4.78, 5) is 4.38. The molecule has 1 aliphatic heterocycles. The molecule has 0 aliphatic carbocycles. The molecule has 2 aromatic rings. The summed E-state index contributed by atoms with van der Waals surface area (Å²) in [7, 11) is 0. The Kier molecular flexibility index (Phi) is 3.26. The largest absolute Gasteiger partial charge is 0.381 e. The van der Waals surface area contributed by atoms with E-state index in [1.165, 1.54) is 0 Å². The minimum absolute atomic E-state index is 0.0525. The van der Waals surface area contributed by atoms with E-state index in [4.69, 9.17) is 10.5 Å². The van der Waals surface area contributed by atoms with Gasteiger partial charge in [-0.15, -0.1) is 0 Å². The highest BCUT2D eigenvalue weighted by atomic mass is 16.5. The molecular formula is C15H18N2O. The standard InChI is InChI=1S/C15H18N2O/c16-15(13-4-2-8-18-10-13)12-6-5-11-3-1-7-17-14(11)9-12/h1,3,5-7,9,13,15H,2,4,8,10,16H2. The third-order valence-corrected chi connectivity index (χ3v) is 3.72. The molecule has 2 N–H and O–H groups in total. The molecule has 3 heteroatoms. The van der Waals surface area contributed by atoms with Crippen LogP contribution in [-0.2, 0) is 4.74 Å². The zero-order valence-corrected chi connectivity index (χ0v) is 10.4. The number of pyridine rings is 1. The molecule has 2 atom stereocenters. The van der Waals surface area contributed by atoms with Crippen LogP contribution in [-0.4, -0.2) is 18.2 Å². The van der Waals surface area contributed by atoms with E-state index >= 15 is 0 Å². The number of hydrogen-bond acceptors (Lipinski definition) is 3. The maximum atomic E-state index is 6.35. The molecule has 2 heterocycles. The van der Waals surface area contributed by atoms with Gasteiger partial charge in [-0.2, -0.15) is 0 Å². The van der Waals surface area contributed by atoms with Crippen LogP contribution in [0.15, 0.2) is 36.5 Å². The van der Waals surface area contributed by atoms with Gasteiger partial charge in [0, 0.05) is 30.1 Å². The van der Waals surface area contributed by atoms with Gasteiger partial charge in [0.05, 0.1) is 12.1 Å². The van der Waals surface area contributed by atoms with E-state index in [0.29, 0.717) is 5.92 Å². The number of benzene rings is 1. The lowest BCUT2D eigenvalue weighted by atomic mass is 9.89. The van der Waals surface area contributed by atoms with Crippen LogP contribution in [0, 0.1) is 5.92 Å². The Morgan fingerprint density at radius 2 is 2.28 bits per heavy atom. The Hall–Kier alpha value is -1.45. The lowest BCUT2D eigenvalue weighted by Gasteiger charge is -2.27. The van der Waals surface area contributed by atoms with Crippen LogP contribution in [0.25, 0.3) is 10.9 Å². The van der Waals surface area contributed by atoms with Crippen molar-refractivity contribution in [1.29, 1.82) is 0 Å². The highest BCUT2D eigenvalue weighted by molar-refractivity contribution is 5.78. The van der Waals surface area contributed by atoms with Gasteiger partial charge in [-0.25, -0.2) is 0 Å². The monoisotopic (exact) mass is 242 g/mol. The average Bonchev–Trinajstić information content (AvgIpc) is 2.47. The summed E-state index contributed by atoms with van der Waals surface area (Å²) < 4.78 is 5.52. The normalized spacial score (nSPS) is 21.9. The molecule has 0 spiro atoms. The van der Waals surface area contributed by atoms with Crippen molar-refractivity contribution >= 4 is 10.9 Å². The molecular weight excluding hydrogens is 224 g/mol. The molecule has 0 radical (unpaired) electrons. The minimum atomic E-state index is 0.0525. The second kappa shape index (κ2) is 5.04. The van der Waals surface area contributed by atoms with E-state index in [2.05, 4.69) is 29.2 Å². The van der Waals surface area contributed by atoms with Gasteiger partial charge in [-0.05, 0) is 30.5 Å². The minimum Gasteiger partial charge on any atom is -0.381 e. The highest BCUT2D eigenvalue weighted by Crippen LogP contribution is 2.28. The Morgan fingerprint density at radius 3 is 3.11 bits per heavy atom. The second-order valence-electron chi connectivity index (χ2n) is 4.96. The highest BCUT2D eigenvalue weighted by Gasteiger charge is 2.22. The van der Waals surface area contributed by atoms with Gasteiger partial charge >= 0.3 is 0 Å². The van der Waals surface area contributed by atoms with Gasteiger partial charge in [0.25, 0.3) is 0 Å². The second-order valence-corrected chi connectivity index (χ2v) is 4.96. The van der Waals surface area contributed by atoms with Gasteiger partial charge in [0.2, 0.25) is 0 Å². The summed E-state index contributed by atoms with van der Waals surface area (Å²) >= 11 is 0. The van der Waals surface area contributed by atoms with Crippen LogP contribution in [0.4, 0.5) is 0 Å². The summed E-state index contributed by atoms with van der Waals surface area (Å²) in [5, 5.41) is 1.16. The van der Waals surface area contributed by atoms with Crippen molar-refractivity contribution in [2.24, 2.45) is 11.7 Å². The third-order valence-electron chi connectivity index (χ3n) is 3.72. The SMILES string of the molecule is NC(c1ccc2cccnc2c1)C1CCCOC1. The predicted molar refractivity (Wildman–Crippen MR) is 72.2 cm³/mol. The Bertz CT molecular complexity index is 535.